The molecule has 0 saturated heterocycles. The Hall–Kier alpha value is 0.0969. The highest BCUT2D eigenvalue weighted by Gasteiger charge is 2.46. The average Bonchev–Trinajstić information content (AvgIpc) is 2.64. The summed E-state index contributed by atoms with van der Waals surface area (Å²) in [5, 5.41) is 0. The van der Waals surface area contributed by atoms with Crippen molar-refractivity contribution in [1.29, 1.82) is 0 Å². The van der Waals surface area contributed by atoms with Gasteiger partial charge in [-0.2, -0.15) is 0 Å². The maximum absolute atomic E-state index is 5.78. The molecule has 0 bridgehead atoms. The van der Waals surface area contributed by atoms with E-state index in [1.54, 1.807) is 21.3 Å². The third-order valence-corrected chi connectivity index (χ3v) is 8.70. The molecule has 1 unspecified atom stereocenters. The van der Waals surface area contributed by atoms with Gasteiger partial charge >= 0.3 is 8.80 Å². The van der Waals surface area contributed by atoms with E-state index in [1.165, 1.54) is 96.3 Å². The molecule has 0 amide bonds. The Bertz CT molecular complexity index is 262. The van der Waals surface area contributed by atoms with Crippen LogP contribution in [0, 0.1) is 0 Å². The smallest absolute Gasteiger partial charge is 0.377 e. The van der Waals surface area contributed by atoms with E-state index < -0.39 is 8.80 Å². The number of rotatable bonds is 19. The van der Waals surface area contributed by atoms with Crippen LogP contribution in [0.4, 0.5) is 0 Å². The Labute approximate surface area is 159 Å². The normalized spacial score (nSPS) is 13.3. The fraction of sp³-hybridized carbons (Fsp3) is 1.00. The van der Waals surface area contributed by atoms with Crippen molar-refractivity contribution in [1.82, 2.24) is 0 Å². The zero-order chi connectivity index (χ0) is 18.8. The standard InChI is InChI=1S/C21H46O3Si/c1-6-8-10-12-13-14-15-16-18-20-21(19-17-11-9-7-2)25(22-3,23-4)24-5/h21H,6-20H2,1-5H3. The maximum Gasteiger partial charge on any atom is 0.503 e. The molecule has 0 aromatic heterocycles. The highest BCUT2D eigenvalue weighted by Crippen LogP contribution is 2.34. The van der Waals surface area contributed by atoms with E-state index in [4.69, 9.17) is 13.3 Å². The Kier molecular flexibility index (Phi) is 17.6. The lowest BCUT2D eigenvalue weighted by atomic mass is 10.0. The molecule has 0 aromatic rings. The molecule has 152 valence electrons. The van der Waals surface area contributed by atoms with E-state index in [0.29, 0.717) is 5.54 Å². The van der Waals surface area contributed by atoms with Crippen LogP contribution in [0.2, 0.25) is 5.54 Å². The molecule has 0 aliphatic carbocycles. The van der Waals surface area contributed by atoms with Gasteiger partial charge in [-0.05, 0) is 12.8 Å². The fourth-order valence-electron chi connectivity index (χ4n) is 3.77. The summed E-state index contributed by atoms with van der Waals surface area (Å²) in [6.45, 7) is 4.54. The molecule has 0 saturated carbocycles. The third kappa shape index (κ3) is 11.4. The van der Waals surface area contributed by atoms with Crippen molar-refractivity contribution in [2.45, 2.75) is 116 Å². The van der Waals surface area contributed by atoms with Gasteiger partial charge in [-0.15, -0.1) is 0 Å². The zero-order valence-corrected chi connectivity index (χ0v) is 18.9. The highest BCUT2D eigenvalue weighted by molar-refractivity contribution is 6.62. The molecule has 25 heavy (non-hydrogen) atoms. The summed E-state index contributed by atoms with van der Waals surface area (Å²) in [5.74, 6) is 0. The van der Waals surface area contributed by atoms with Crippen LogP contribution in [0.25, 0.3) is 0 Å². The van der Waals surface area contributed by atoms with Crippen molar-refractivity contribution in [2.75, 3.05) is 21.3 Å². The average molecular weight is 375 g/mol. The summed E-state index contributed by atoms with van der Waals surface area (Å²) in [7, 11) is 2.78. The molecule has 1 atom stereocenters. The van der Waals surface area contributed by atoms with Crippen LogP contribution >= 0.6 is 0 Å². The SMILES string of the molecule is CCCCCCCCCCCC(CCCCCC)[Si](OC)(OC)OC. The van der Waals surface area contributed by atoms with Crippen molar-refractivity contribution in [3.05, 3.63) is 0 Å². The summed E-state index contributed by atoms with van der Waals surface area (Å²) < 4.78 is 17.3. The van der Waals surface area contributed by atoms with Crippen LogP contribution in [0.1, 0.15) is 110 Å². The first-order valence-corrected chi connectivity index (χ1v) is 12.7. The Morgan fingerprint density at radius 1 is 0.520 bits per heavy atom. The van der Waals surface area contributed by atoms with E-state index in [0.717, 1.165) is 0 Å². The first-order valence-electron chi connectivity index (χ1n) is 10.9. The van der Waals surface area contributed by atoms with E-state index >= 15 is 0 Å². The second kappa shape index (κ2) is 17.5. The van der Waals surface area contributed by atoms with Gasteiger partial charge in [0.25, 0.3) is 0 Å². The van der Waals surface area contributed by atoms with Crippen molar-refractivity contribution in [3.8, 4) is 0 Å². The second-order valence-corrected chi connectivity index (χ2v) is 10.6. The summed E-state index contributed by atoms with van der Waals surface area (Å²) in [6.07, 6.45) is 19.9. The van der Waals surface area contributed by atoms with Crippen LogP contribution in [-0.4, -0.2) is 30.1 Å². The van der Waals surface area contributed by atoms with Gasteiger partial charge < -0.3 is 13.3 Å². The Morgan fingerprint density at radius 3 is 1.20 bits per heavy atom. The fourth-order valence-corrected chi connectivity index (χ4v) is 6.38. The largest absolute Gasteiger partial charge is 0.503 e. The van der Waals surface area contributed by atoms with Crippen LogP contribution in [-0.2, 0) is 13.3 Å². The lowest BCUT2D eigenvalue weighted by molar-refractivity contribution is 0.107. The third-order valence-electron chi connectivity index (χ3n) is 5.42. The lowest BCUT2D eigenvalue weighted by Crippen LogP contribution is -2.47. The van der Waals surface area contributed by atoms with E-state index in [2.05, 4.69) is 13.8 Å². The summed E-state index contributed by atoms with van der Waals surface area (Å²) >= 11 is 0. The molecule has 4 heteroatoms. The van der Waals surface area contributed by atoms with Gasteiger partial charge in [0.15, 0.2) is 0 Å². The van der Waals surface area contributed by atoms with Gasteiger partial charge in [-0.3, -0.25) is 0 Å². The quantitative estimate of drug-likeness (QED) is 0.178. The van der Waals surface area contributed by atoms with Gasteiger partial charge in [0.1, 0.15) is 0 Å². The molecular formula is C21H46O3Si. The van der Waals surface area contributed by atoms with Gasteiger partial charge in [0.2, 0.25) is 0 Å². The van der Waals surface area contributed by atoms with Crippen LogP contribution in [0.15, 0.2) is 0 Å². The van der Waals surface area contributed by atoms with Crippen molar-refractivity contribution < 1.29 is 13.3 Å². The van der Waals surface area contributed by atoms with Crippen LogP contribution in [0.5, 0.6) is 0 Å². The molecule has 0 N–H and O–H groups in total. The summed E-state index contributed by atoms with van der Waals surface area (Å²) in [4.78, 5) is 0. The highest BCUT2D eigenvalue weighted by atomic mass is 28.4. The monoisotopic (exact) mass is 374 g/mol. The molecule has 0 aromatic carbocycles. The summed E-state index contributed by atoms with van der Waals surface area (Å²) in [5.41, 5.74) is 0.453. The van der Waals surface area contributed by atoms with E-state index in [-0.39, 0.29) is 0 Å². The number of unbranched alkanes of at least 4 members (excludes halogenated alkanes) is 11. The predicted molar refractivity (Wildman–Crippen MR) is 111 cm³/mol. The van der Waals surface area contributed by atoms with Gasteiger partial charge in [0.05, 0.1) is 0 Å². The predicted octanol–water partition coefficient (Wildman–Crippen LogP) is 7.13. The first-order chi connectivity index (χ1) is 12.2. The molecule has 0 heterocycles. The van der Waals surface area contributed by atoms with E-state index in [1.807, 2.05) is 0 Å². The number of hydrogen-bond donors (Lipinski definition) is 0. The van der Waals surface area contributed by atoms with Crippen molar-refractivity contribution in [2.24, 2.45) is 0 Å². The zero-order valence-electron chi connectivity index (χ0n) is 17.9. The van der Waals surface area contributed by atoms with Gasteiger partial charge in [-0.1, -0.05) is 97.3 Å². The second-order valence-electron chi connectivity index (χ2n) is 7.38. The topological polar surface area (TPSA) is 27.7 Å². The van der Waals surface area contributed by atoms with Crippen LogP contribution in [0.3, 0.4) is 0 Å². The number of hydrogen-bond acceptors (Lipinski definition) is 3. The van der Waals surface area contributed by atoms with Crippen molar-refractivity contribution in [3.63, 3.8) is 0 Å². The van der Waals surface area contributed by atoms with Gasteiger partial charge in [0, 0.05) is 26.9 Å². The minimum atomic E-state index is -2.50. The van der Waals surface area contributed by atoms with Crippen molar-refractivity contribution >= 4 is 8.80 Å². The maximum atomic E-state index is 5.78. The molecule has 0 aliphatic heterocycles. The van der Waals surface area contributed by atoms with Crippen LogP contribution < -0.4 is 0 Å². The van der Waals surface area contributed by atoms with E-state index in [9.17, 15) is 0 Å². The molecule has 3 nitrogen and oxygen atoms in total. The Balaban J connectivity index is 4.12. The summed E-state index contributed by atoms with van der Waals surface area (Å²) in [6, 6.07) is 0. The molecule has 0 spiro atoms. The minimum absolute atomic E-state index is 0.453. The van der Waals surface area contributed by atoms with Gasteiger partial charge in [-0.25, -0.2) is 0 Å². The Morgan fingerprint density at radius 2 is 0.840 bits per heavy atom. The minimum Gasteiger partial charge on any atom is -0.377 e. The molecule has 0 aliphatic rings. The molecule has 0 radical (unpaired) electrons. The molecule has 0 rings (SSSR count). The first kappa shape index (κ1) is 25.1. The molecule has 0 fully saturated rings. The lowest BCUT2D eigenvalue weighted by Gasteiger charge is -2.32. The molecular weight excluding hydrogens is 328 g/mol.